The Balaban J connectivity index is -0.000000139. The number of esters is 4. The zero-order valence-corrected chi connectivity index (χ0v) is 31.7. The van der Waals surface area contributed by atoms with E-state index in [4.69, 9.17) is 18.9 Å². The molecule has 0 unspecified atom stereocenters. The van der Waals surface area contributed by atoms with Gasteiger partial charge in [0.25, 0.3) is 0 Å². The maximum atomic E-state index is 10.6. The molecule has 0 saturated carbocycles. The zero-order chi connectivity index (χ0) is 31.3. The number of carbonyl (C=O) groups excluding carboxylic acids is 4. The van der Waals surface area contributed by atoms with Gasteiger partial charge in [0.1, 0.15) is 0 Å². The number of carbonyl (C=O) groups is 4. The van der Waals surface area contributed by atoms with Gasteiger partial charge in [-0.25, -0.2) is 0 Å². The van der Waals surface area contributed by atoms with Crippen molar-refractivity contribution in [1.82, 2.24) is 0 Å². The molecule has 0 aliphatic heterocycles. The van der Waals surface area contributed by atoms with E-state index in [1.807, 2.05) is 0 Å². The summed E-state index contributed by atoms with van der Waals surface area (Å²) in [4.78, 5) is 42.5. The number of hydrogen-bond acceptors (Lipinski definition) is 12. The summed E-state index contributed by atoms with van der Waals surface area (Å²) in [5.74, 6) is 1.20. The Hall–Kier alpha value is 0.0787. The van der Waals surface area contributed by atoms with Crippen LogP contribution in [0.25, 0.3) is 0 Å². The van der Waals surface area contributed by atoms with Gasteiger partial charge in [0.15, 0.2) is 0 Å². The molecule has 0 atom stereocenters. The molecule has 0 aliphatic carbocycles. The molecule has 0 radical (unpaired) electrons. The zero-order valence-electron chi connectivity index (χ0n) is 25.5. The second-order valence-corrected chi connectivity index (χ2v) is 9.75. The summed E-state index contributed by atoms with van der Waals surface area (Å²) in [6, 6.07) is 0. The Morgan fingerprint density at radius 3 is 0.707 bits per heavy atom. The fourth-order valence-electron chi connectivity index (χ4n) is 1.94. The normalized spacial score (nSPS) is 9.17. The Morgan fingerprint density at radius 2 is 0.585 bits per heavy atom. The van der Waals surface area contributed by atoms with Gasteiger partial charge in [-0.15, -0.1) is 0 Å². The molecule has 0 aromatic heterocycles. The summed E-state index contributed by atoms with van der Waals surface area (Å²) in [5.41, 5.74) is 0. The van der Waals surface area contributed by atoms with E-state index >= 15 is 0 Å². The molecular weight excluding hydrogens is 711 g/mol. The molecule has 240 valence electrons. The SMILES string of the molecule is CCCCOC(=O)CC[S-].CCCCOC(=O)CC[S-].CCCCOC(=O)CC[S-].CCCCOC(=O)CC[S-].[Sn+4]. The van der Waals surface area contributed by atoms with Crippen LogP contribution in [-0.2, 0) is 88.6 Å². The number of ether oxygens (including phenoxy) is 4. The van der Waals surface area contributed by atoms with E-state index in [9.17, 15) is 19.2 Å². The van der Waals surface area contributed by atoms with Crippen molar-refractivity contribution in [3.8, 4) is 0 Å². The van der Waals surface area contributed by atoms with Crippen LogP contribution in [0.15, 0.2) is 0 Å². The van der Waals surface area contributed by atoms with Crippen molar-refractivity contribution >= 4 is 98.3 Å². The predicted octanol–water partition coefficient (Wildman–Crippen LogP) is 4.69. The quantitative estimate of drug-likeness (QED) is 0.0566. The molecule has 0 bridgehead atoms. The first kappa shape index (κ1) is 50.7. The van der Waals surface area contributed by atoms with Gasteiger partial charge >= 0.3 is 47.8 Å². The van der Waals surface area contributed by atoms with E-state index in [0.29, 0.717) is 75.1 Å². The minimum absolute atomic E-state index is 0. The minimum atomic E-state index is -0.163. The molecule has 0 fully saturated rings. The molecule has 13 heteroatoms. The van der Waals surface area contributed by atoms with Crippen LogP contribution in [0.3, 0.4) is 0 Å². The first-order chi connectivity index (χ1) is 19.2. The molecule has 41 heavy (non-hydrogen) atoms. The Morgan fingerprint density at radius 1 is 0.415 bits per heavy atom. The van der Waals surface area contributed by atoms with Crippen molar-refractivity contribution in [2.75, 3.05) is 49.4 Å². The van der Waals surface area contributed by atoms with Crippen LogP contribution < -0.4 is 0 Å². The van der Waals surface area contributed by atoms with Gasteiger partial charge in [-0.2, -0.15) is 23.0 Å². The van der Waals surface area contributed by atoms with Gasteiger partial charge in [-0.05, 0) is 25.7 Å². The summed E-state index contributed by atoms with van der Waals surface area (Å²) in [6.07, 6.45) is 9.51. The van der Waals surface area contributed by atoms with Gasteiger partial charge in [0.2, 0.25) is 0 Å². The fourth-order valence-corrected chi connectivity index (χ4v) is 2.61. The maximum Gasteiger partial charge on any atom is 4.00 e. The van der Waals surface area contributed by atoms with E-state index in [1.165, 1.54) is 0 Å². The predicted molar refractivity (Wildman–Crippen MR) is 177 cm³/mol. The molecule has 0 saturated heterocycles. The molecule has 0 rings (SSSR count). The molecule has 0 spiro atoms. The molecule has 0 aliphatic rings. The Labute approximate surface area is 288 Å². The van der Waals surface area contributed by atoms with Crippen LogP contribution in [-0.4, -0.2) is 97.2 Å². The minimum Gasteiger partial charge on any atom is -0.792 e. The van der Waals surface area contributed by atoms with E-state index < -0.39 is 0 Å². The van der Waals surface area contributed by atoms with Crippen molar-refractivity contribution in [3.05, 3.63) is 0 Å². The first-order valence-corrected chi connectivity index (χ1v) is 16.5. The smallest absolute Gasteiger partial charge is 0.792 e. The average molecular weight is 764 g/mol. The van der Waals surface area contributed by atoms with E-state index in [2.05, 4.69) is 78.2 Å². The third-order valence-corrected chi connectivity index (χ3v) is 5.09. The van der Waals surface area contributed by atoms with Crippen LogP contribution in [0.5, 0.6) is 0 Å². The van der Waals surface area contributed by atoms with Crippen molar-refractivity contribution in [3.63, 3.8) is 0 Å². The van der Waals surface area contributed by atoms with Gasteiger partial charge in [0.05, 0.1) is 26.4 Å². The monoisotopic (exact) mass is 764 g/mol. The molecule has 0 heterocycles. The fraction of sp³-hybridized carbons (Fsp3) is 0.857. The summed E-state index contributed by atoms with van der Waals surface area (Å²) < 4.78 is 19.3. The first-order valence-electron chi connectivity index (χ1n) is 14.2. The van der Waals surface area contributed by atoms with Gasteiger partial charge < -0.3 is 69.5 Å². The van der Waals surface area contributed by atoms with Crippen LogP contribution in [0.1, 0.15) is 105 Å². The number of unbranched alkanes of at least 4 members (excludes halogenated alkanes) is 4. The van der Waals surface area contributed by atoms with E-state index in [-0.39, 0.29) is 47.8 Å². The summed E-state index contributed by atoms with van der Waals surface area (Å²) in [5, 5.41) is 0. The van der Waals surface area contributed by atoms with E-state index in [1.54, 1.807) is 0 Å². The molecule has 0 amide bonds. The largest absolute Gasteiger partial charge is 4.00 e. The second kappa shape index (κ2) is 47.0. The van der Waals surface area contributed by atoms with Crippen LogP contribution in [0.4, 0.5) is 0 Å². The number of hydrogen-bond donors (Lipinski definition) is 0. The van der Waals surface area contributed by atoms with Crippen LogP contribution >= 0.6 is 0 Å². The van der Waals surface area contributed by atoms with Gasteiger partial charge in [-0.3, -0.25) is 19.2 Å². The van der Waals surface area contributed by atoms with Crippen molar-refractivity contribution in [1.29, 1.82) is 0 Å². The molecule has 0 aromatic carbocycles. The van der Waals surface area contributed by atoms with Crippen LogP contribution in [0.2, 0.25) is 0 Å². The Bertz CT molecular complexity index is 477. The number of rotatable bonds is 20. The Kier molecular flexibility index (Phi) is 58.1. The van der Waals surface area contributed by atoms with Crippen molar-refractivity contribution in [2.24, 2.45) is 0 Å². The van der Waals surface area contributed by atoms with Crippen molar-refractivity contribution < 1.29 is 38.1 Å². The molecular formula is C28H52O8S4Sn. The van der Waals surface area contributed by atoms with Crippen molar-refractivity contribution in [2.45, 2.75) is 105 Å². The van der Waals surface area contributed by atoms with Gasteiger partial charge in [-0.1, -0.05) is 53.4 Å². The van der Waals surface area contributed by atoms with Crippen LogP contribution in [0, 0.1) is 0 Å². The third kappa shape index (κ3) is 56.5. The summed E-state index contributed by atoms with van der Waals surface area (Å²) in [7, 11) is 0. The summed E-state index contributed by atoms with van der Waals surface area (Å²) in [6.45, 7) is 10.4. The maximum absolute atomic E-state index is 10.6. The second-order valence-electron chi connectivity index (χ2n) is 8.11. The average Bonchev–Trinajstić information content (AvgIpc) is 2.91. The molecule has 8 nitrogen and oxygen atoms in total. The topological polar surface area (TPSA) is 105 Å². The third-order valence-electron chi connectivity index (χ3n) is 4.27. The standard InChI is InChI=1S/4C7H14O2S.Sn/c4*1-2-3-5-9-7(8)4-6-10;/h4*10H,2-6H2,1H3;/q;;;;+4/p-4. The summed E-state index contributed by atoms with van der Waals surface area (Å²) >= 11 is 18.4. The molecule has 0 N–H and O–H groups in total. The molecule has 0 aromatic rings. The van der Waals surface area contributed by atoms with E-state index in [0.717, 1.165) is 51.4 Å². The van der Waals surface area contributed by atoms with Gasteiger partial charge in [0, 0.05) is 25.7 Å².